The molecule has 0 radical (unpaired) electrons. The zero-order valence-electron chi connectivity index (χ0n) is 30.7. The van der Waals surface area contributed by atoms with Gasteiger partial charge in [-0.25, -0.2) is 14.6 Å². The highest BCUT2D eigenvalue weighted by atomic mass is 35.5. The molecule has 1 aromatic heterocycles. The van der Waals surface area contributed by atoms with Crippen molar-refractivity contribution in [3.8, 4) is 0 Å². The highest BCUT2D eigenvalue weighted by molar-refractivity contribution is 8.00. The van der Waals surface area contributed by atoms with Crippen molar-refractivity contribution >= 4 is 69.3 Å². The molecule has 3 N–H and O–H groups in total. The van der Waals surface area contributed by atoms with Crippen LogP contribution in [0.25, 0.3) is 0 Å². The number of benzene rings is 3. The van der Waals surface area contributed by atoms with Crippen molar-refractivity contribution < 1.29 is 33.9 Å². The molecular weight excluding hydrogens is 762 g/mol. The Morgan fingerprint density at radius 2 is 1.47 bits per heavy atom. The van der Waals surface area contributed by atoms with Crippen molar-refractivity contribution in [1.82, 2.24) is 15.2 Å². The van der Waals surface area contributed by atoms with Crippen molar-refractivity contribution in [3.05, 3.63) is 130 Å². The lowest BCUT2D eigenvalue weighted by Gasteiger charge is -2.49. The van der Waals surface area contributed by atoms with Gasteiger partial charge in [-0.15, -0.1) is 34.7 Å². The summed E-state index contributed by atoms with van der Waals surface area (Å²) in [5, 5.41) is 21.8. The molecule has 6 rings (SSSR count). The van der Waals surface area contributed by atoms with Gasteiger partial charge in [0.2, 0.25) is 5.60 Å². The summed E-state index contributed by atoms with van der Waals surface area (Å²) in [6, 6.07) is 28.7. The number of carbonyl (C=O) groups excluding carboxylic acids is 3. The van der Waals surface area contributed by atoms with Crippen LogP contribution < -0.4 is 10.6 Å². The molecule has 4 aromatic rings. The van der Waals surface area contributed by atoms with Crippen LogP contribution in [0.3, 0.4) is 0 Å². The summed E-state index contributed by atoms with van der Waals surface area (Å²) in [6.45, 7) is 8.08. The lowest BCUT2D eigenvalue weighted by atomic mass is 9.77. The van der Waals surface area contributed by atoms with E-state index in [9.17, 15) is 24.3 Å². The molecule has 3 heterocycles. The number of ether oxygens (including phenoxy) is 1. The summed E-state index contributed by atoms with van der Waals surface area (Å²) < 4.78 is 5.53. The third-order valence-electron chi connectivity index (χ3n) is 8.83. The predicted octanol–water partition coefficient (Wildman–Crippen LogP) is 6.37. The van der Waals surface area contributed by atoms with Crippen molar-refractivity contribution in [3.63, 3.8) is 0 Å². The van der Waals surface area contributed by atoms with Crippen molar-refractivity contribution in [1.29, 1.82) is 0 Å². The Balaban J connectivity index is 1.37. The number of nitrogens with zero attached hydrogens (tertiary/aromatic N) is 3. The van der Waals surface area contributed by atoms with Crippen LogP contribution in [0.4, 0.5) is 5.13 Å². The third kappa shape index (κ3) is 8.12. The maximum Gasteiger partial charge on any atom is 0.353 e. The number of fused-ring (bicyclic) bond motifs is 1. The molecule has 0 spiro atoms. The van der Waals surface area contributed by atoms with Gasteiger partial charge in [-0.3, -0.25) is 14.5 Å². The normalized spacial score (nSPS) is 17.5. The summed E-state index contributed by atoms with van der Waals surface area (Å²) in [4.78, 5) is 64.4. The maximum atomic E-state index is 14.2. The van der Waals surface area contributed by atoms with E-state index in [-0.39, 0.29) is 28.7 Å². The SMILES string of the molecule is CC(C)(C)OC(=O)C(C)(C)O/N=C(\C(=O)N[C@@H]1C(=O)N2C(C(=O)O)=C(CCl)CS[C@H]12)c1csc(NC(c2ccccc2)(c2ccccc2)c2ccccc2)n1. The molecule has 15 heteroatoms. The molecule has 1 fully saturated rings. The van der Waals surface area contributed by atoms with Gasteiger partial charge in [0.25, 0.3) is 11.8 Å². The van der Waals surface area contributed by atoms with E-state index >= 15 is 0 Å². The molecule has 2 aliphatic heterocycles. The average molecular weight is 802 g/mol. The number of β-lactam (4-membered cyclic amide) rings is 1. The van der Waals surface area contributed by atoms with E-state index in [0.717, 1.165) is 21.6 Å². The molecule has 0 unspecified atom stereocenters. The molecular formula is C40H40ClN5O7S2. The van der Waals surface area contributed by atoms with E-state index in [2.05, 4.69) is 15.8 Å². The molecule has 286 valence electrons. The minimum Gasteiger partial charge on any atom is -0.477 e. The molecule has 55 heavy (non-hydrogen) atoms. The molecule has 2 aliphatic rings. The Labute approximate surface area is 331 Å². The first-order valence-corrected chi connectivity index (χ1v) is 19.8. The van der Waals surface area contributed by atoms with E-state index in [1.54, 1.807) is 26.2 Å². The standard InChI is InChI=1S/C40H40ClN5O7S2/c1-38(2,3)52-36(51)39(4,5)53-45-29(32(47)43-30-33(48)46-31(35(49)50)24(21-41)22-54-34(30)46)28-23-55-37(42-28)44-40(25-15-9-6-10-16-25,26-17-11-7-12-18-26)27-19-13-8-14-20-27/h6-20,23,30,34H,21-22H2,1-5H3,(H,42,44)(H,43,47)(H,49,50)/b45-29-/t30-,34-/m1/s1. The number of aromatic nitrogens is 1. The number of aliphatic carboxylic acids is 1. The van der Waals surface area contributed by atoms with Crippen LogP contribution in [0.1, 0.15) is 57.0 Å². The Morgan fingerprint density at radius 3 is 1.96 bits per heavy atom. The number of anilines is 1. The number of carboxylic acids is 1. The lowest BCUT2D eigenvalue weighted by molar-refractivity contribution is -0.179. The summed E-state index contributed by atoms with van der Waals surface area (Å²) in [5.74, 6) is -3.20. The number of alkyl halides is 1. The summed E-state index contributed by atoms with van der Waals surface area (Å²) in [6.07, 6.45) is 0. The third-order valence-corrected chi connectivity index (χ3v) is 11.3. The Kier molecular flexibility index (Phi) is 11.4. The monoisotopic (exact) mass is 801 g/mol. The zero-order valence-corrected chi connectivity index (χ0v) is 33.1. The number of carbonyl (C=O) groups is 4. The first-order chi connectivity index (χ1) is 26.2. The fourth-order valence-electron chi connectivity index (χ4n) is 6.18. The lowest BCUT2D eigenvalue weighted by Crippen LogP contribution is -2.71. The average Bonchev–Trinajstić information content (AvgIpc) is 3.63. The fourth-order valence-corrected chi connectivity index (χ4v) is 8.61. The van der Waals surface area contributed by atoms with Gasteiger partial charge in [0.1, 0.15) is 33.9 Å². The highest BCUT2D eigenvalue weighted by Gasteiger charge is 2.54. The maximum absolute atomic E-state index is 14.2. The topological polar surface area (TPSA) is 160 Å². The second kappa shape index (κ2) is 15.9. The summed E-state index contributed by atoms with van der Waals surface area (Å²) in [5.41, 5.74) is -0.550. The number of hydrogen-bond donors (Lipinski definition) is 3. The molecule has 3 aromatic carbocycles. The fraction of sp³-hybridized carbons (Fsp3) is 0.300. The van der Waals surface area contributed by atoms with Crippen LogP contribution in [0.15, 0.2) is 113 Å². The number of thioether (sulfide) groups is 1. The molecule has 12 nitrogen and oxygen atoms in total. The molecule has 0 bridgehead atoms. The van der Waals surface area contributed by atoms with Gasteiger partial charge in [0.15, 0.2) is 10.8 Å². The number of nitrogens with one attached hydrogen (secondary N) is 2. The van der Waals surface area contributed by atoms with E-state index < -0.39 is 51.9 Å². The first-order valence-electron chi connectivity index (χ1n) is 17.3. The smallest absolute Gasteiger partial charge is 0.353 e. The Morgan fingerprint density at radius 1 is 0.927 bits per heavy atom. The summed E-state index contributed by atoms with van der Waals surface area (Å²) in [7, 11) is 0. The van der Waals surface area contributed by atoms with Gasteiger partial charge in [0, 0.05) is 17.0 Å². The van der Waals surface area contributed by atoms with Crippen LogP contribution in [-0.4, -0.2) is 78.7 Å². The Bertz CT molecular complexity index is 2040. The Hall–Kier alpha value is -5.18. The van der Waals surface area contributed by atoms with Crippen molar-refractivity contribution in [2.45, 2.75) is 62.8 Å². The molecule has 2 atom stereocenters. The molecule has 1 saturated heterocycles. The zero-order chi connectivity index (χ0) is 39.5. The number of rotatable bonds is 13. The van der Waals surface area contributed by atoms with Crippen LogP contribution in [0.2, 0.25) is 0 Å². The number of carboxylic acid groups (broad SMARTS) is 1. The molecule has 0 saturated carbocycles. The van der Waals surface area contributed by atoms with Crippen LogP contribution >= 0.6 is 34.7 Å². The van der Waals surface area contributed by atoms with E-state index in [0.29, 0.717) is 10.7 Å². The van der Waals surface area contributed by atoms with Gasteiger partial charge in [-0.1, -0.05) is 96.2 Å². The van der Waals surface area contributed by atoms with Gasteiger partial charge in [0.05, 0.1) is 0 Å². The number of amides is 2. The second-order valence-electron chi connectivity index (χ2n) is 14.3. The van der Waals surface area contributed by atoms with Gasteiger partial charge in [-0.2, -0.15) is 0 Å². The van der Waals surface area contributed by atoms with Gasteiger partial charge in [-0.05, 0) is 56.9 Å². The number of hydrogen-bond acceptors (Lipinski definition) is 11. The first kappa shape index (κ1) is 39.5. The molecule has 0 aliphatic carbocycles. The van der Waals surface area contributed by atoms with Crippen molar-refractivity contribution in [2.75, 3.05) is 16.9 Å². The number of esters is 1. The second-order valence-corrected chi connectivity index (χ2v) is 16.5. The van der Waals surface area contributed by atoms with E-state index in [1.165, 1.54) is 36.9 Å². The van der Waals surface area contributed by atoms with Gasteiger partial charge >= 0.3 is 11.9 Å². The minimum atomic E-state index is -1.62. The molecule has 2 amide bonds. The number of halogens is 1. The van der Waals surface area contributed by atoms with Gasteiger partial charge < -0.3 is 25.3 Å². The van der Waals surface area contributed by atoms with Crippen molar-refractivity contribution in [2.24, 2.45) is 5.16 Å². The van der Waals surface area contributed by atoms with Crippen LogP contribution in [0, 0.1) is 0 Å². The highest BCUT2D eigenvalue weighted by Crippen LogP contribution is 2.42. The largest absolute Gasteiger partial charge is 0.477 e. The minimum absolute atomic E-state index is 0.0516. The van der Waals surface area contributed by atoms with Crippen LogP contribution in [-0.2, 0) is 34.3 Å². The number of thiazole rings is 1. The van der Waals surface area contributed by atoms with E-state index in [4.69, 9.17) is 26.2 Å². The van der Waals surface area contributed by atoms with Crippen LogP contribution in [0.5, 0.6) is 0 Å². The predicted molar refractivity (Wildman–Crippen MR) is 213 cm³/mol. The number of oxime groups is 1. The summed E-state index contributed by atoms with van der Waals surface area (Å²) >= 11 is 8.51. The van der Waals surface area contributed by atoms with E-state index in [1.807, 2.05) is 91.0 Å². The quantitative estimate of drug-likeness (QED) is 0.0347.